The highest BCUT2D eigenvalue weighted by Gasteiger charge is 2.50. The van der Waals surface area contributed by atoms with E-state index >= 15 is 0 Å². The monoisotopic (exact) mass is 435 g/mol. The van der Waals surface area contributed by atoms with Crippen LogP contribution >= 0.6 is 0 Å². The number of carboxylic acids is 1. The highest BCUT2D eigenvalue weighted by Crippen LogP contribution is 2.49. The lowest BCUT2D eigenvalue weighted by Gasteiger charge is -2.24. The largest absolute Gasteiger partial charge is 0.481 e. The Morgan fingerprint density at radius 1 is 1.03 bits per heavy atom. The molecule has 0 radical (unpaired) electrons. The molecule has 0 saturated heterocycles. The quantitative estimate of drug-likeness (QED) is 0.533. The fourth-order valence-corrected chi connectivity index (χ4v) is 5.32. The van der Waals surface area contributed by atoms with Gasteiger partial charge in [0.1, 0.15) is 5.82 Å². The Morgan fingerprint density at radius 2 is 1.72 bits per heavy atom. The first kappa shape index (κ1) is 21.2. The van der Waals surface area contributed by atoms with Gasteiger partial charge in [0.2, 0.25) is 5.91 Å². The molecule has 2 N–H and O–H groups in total. The van der Waals surface area contributed by atoms with Gasteiger partial charge in [-0.1, -0.05) is 43.2 Å². The number of rotatable bonds is 8. The summed E-state index contributed by atoms with van der Waals surface area (Å²) >= 11 is 0. The second-order valence-corrected chi connectivity index (χ2v) is 10.0. The summed E-state index contributed by atoms with van der Waals surface area (Å²) in [6.07, 6.45) is 8.38. The second-order valence-electron chi connectivity index (χ2n) is 10.0. The van der Waals surface area contributed by atoms with Gasteiger partial charge in [0.15, 0.2) is 0 Å². The first-order valence-electron chi connectivity index (χ1n) is 11.9. The van der Waals surface area contributed by atoms with E-state index in [-0.39, 0.29) is 23.4 Å². The lowest BCUT2D eigenvalue weighted by molar-refractivity contribution is -0.143. The third kappa shape index (κ3) is 4.30. The zero-order chi connectivity index (χ0) is 22.3. The number of nitrogens with one attached hydrogen (secondary N) is 1. The summed E-state index contributed by atoms with van der Waals surface area (Å²) in [5.74, 6) is -0.844. The van der Waals surface area contributed by atoms with Crippen LogP contribution in [0, 0.1) is 17.2 Å². The van der Waals surface area contributed by atoms with Gasteiger partial charge in [0.25, 0.3) is 0 Å². The van der Waals surface area contributed by atoms with Crippen molar-refractivity contribution in [3.8, 4) is 0 Å². The molecule has 5 rings (SSSR count). The topological polar surface area (TPSA) is 66.4 Å². The van der Waals surface area contributed by atoms with Crippen molar-refractivity contribution < 1.29 is 19.1 Å². The molecule has 3 saturated carbocycles. The lowest BCUT2D eigenvalue weighted by Crippen LogP contribution is -2.27. The van der Waals surface area contributed by atoms with Gasteiger partial charge in [-0.2, -0.15) is 0 Å². The third-order valence-electron chi connectivity index (χ3n) is 7.64. The number of hydrogen-bond donors (Lipinski definition) is 2. The van der Waals surface area contributed by atoms with Crippen LogP contribution in [0.25, 0.3) is 0 Å². The third-order valence-corrected chi connectivity index (χ3v) is 7.64. The maximum atomic E-state index is 14.6. The molecule has 32 heavy (non-hydrogen) atoms. The van der Waals surface area contributed by atoms with E-state index < -0.39 is 17.2 Å². The summed E-state index contributed by atoms with van der Waals surface area (Å²) in [5, 5.41) is 12.3. The number of halogens is 1. The predicted molar refractivity (Wildman–Crippen MR) is 121 cm³/mol. The summed E-state index contributed by atoms with van der Waals surface area (Å²) in [5.41, 5.74) is 2.50. The van der Waals surface area contributed by atoms with Crippen molar-refractivity contribution >= 4 is 17.6 Å². The molecular formula is C27H30FNO3. The van der Waals surface area contributed by atoms with Gasteiger partial charge in [-0.05, 0) is 85.6 Å². The number of benzene rings is 2. The Morgan fingerprint density at radius 3 is 2.31 bits per heavy atom. The van der Waals surface area contributed by atoms with Gasteiger partial charge in [-0.15, -0.1) is 0 Å². The highest BCUT2D eigenvalue weighted by molar-refractivity contribution is 5.96. The van der Waals surface area contributed by atoms with Crippen molar-refractivity contribution in [1.82, 2.24) is 0 Å². The van der Waals surface area contributed by atoms with Crippen molar-refractivity contribution in [2.45, 2.75) is 69.6 Å². The fraction of sp³-hybridized carbons (Fsp3) is 0.481. The van der Waals surface area contributed by atoms with Crippen LogP contribution in [-0.4, -0.2) is 17.0 Å². The van der Waals surface area contributed by atoms with Gasteiger partial charge >= 0.3 is 5.97 Å². The lowest BCUT2D eigenvalue weighted by atomic mass is 9.83. The van der Waals surface area contributed by atoms with Gasteiger partial charge in [-0.25, -0.2) is 4.39 Å². The van der Waals surface area contributed by atoms with Crippen molar-refractivity contribution in [1.29, 1.82) is 0 Å². The van der Waals surface area contributed by atoms with E-state index in [1.165, 1.54) is 24.5 Å². The molecule has 0 unspecified atom stereocenters. The van der Waals surface area contributed by atoms with E-state index in [0.29, 0.717) is 25.2 Å². The molecule has 2 aromatic carbocycles. The van der Waals surface area contributed by atoms with Gasteiger partial charge in [-0.3, -0.25) is 9.59 Å². The standard InChI is InChI=1S/C27H30FNO3/c28-22-12-5-17(16-27(13-14-27)26(31)32)15-23(22)29-25(30)24(20-3-1-2-4-20)21-10-8-19(9-11-21)18-6-7-18/h5,8-12,15,18,20,24H,1-4,6-7,13-14,16H2,(H,29,30)(H,31,32)/t24-/m0/s1. The van der Waals surface area contributed by atoms with Crippen molar-refractivity contribution in [2.75, 3.05) is 5.32 Å². The summed E-state index contributed by atoms with van der Waals surface area (Å²) in [7, 11) is 0. The molecule has 0 aliphatic heterocycles. The molecule has 2 aromatic rings. The SMILES string of the molecule is O=C(Nc1cc(CC2(C(=O)O)CC2)ccc1F)[C@H](c1ccc(C2CC2)cc1)C1CCCC1. The van der Waals surface area contributed by atoms with Gasteiger partial charge in [0, 0.05) is 0 Å². The van der Waals surface area contributed by atoms with E-state index in [2.05, 4.69) is 29.6 Å². The summed E-state index contributed by atoms with van der Waals surface area (Å²) in [6.45, 7) is 0. The van der Waals surface area contributed by atoms with Crippen LogP contribution in [0.2, 0.25) is 0 Å². The maximum absolute atomic E-state index is 14.6. The minimum atomic E-state index is -0.802. The molecule has 0 spiro atoms. The predicted octanol–water partition coefficient (Wildman–Crippen LogP) is 6.02. The molecule has 0 heterocycles. The van der Waals surface area contributed by atoms with E-state index in [1.807, 2.05) is 0 Å². The van der Waals surface area contributed by atoms with Crippen LogP contribution in [0.5, 0.6) is 0 Å². The number of carbonyl (C=O) groups is 2. The van der Waals surface area contributed by atoms with Gasteiger partial charge in [0.05, 0.1) is 17.0 Å². The maximum Gasteiger partial charge on any atom is 0.309 e. The number of amides is 1. The molecule has 5 heteroatoms. The Balaban J connectivity index is 1.37. The number of anilines is 1. The van der Waals surface area contributed by atoms with Crippen LogP contribution in [0.15, 0.2) is 42.5 Å². The number of hydrogen-bond acceptors (Lipinski definition) is 2. The second kappa shape index (κ2) is 8.34. The fourth-order valence-electron chi connectivity index (χ4n) is 5.32. The van der Waals surface area contributed by atoms with E-state index in [9.17, 15) is 19.1 Å². The average molecular weight is 436 g/mol. The summed E-state index contributed by atoms with van der Waals surface area (Å²) < 4.78 is 14.6. The summed E-state index contributed by atoms with van der Waals surface area (Å²) in [6, 6.07) is 13.0. The Kier molecular flexibility index (Phi) is 5.52. The van der Waals surface area contributed by atoms with Crippen molar-refractivity contribution in [3.63, 3.8) is 0 Å². The molecule has 0 aromatic heterocycles. The highest BCUT2D eigenvalue weighted by atomic mass is 19.1. The van der Waals surface area contributed by atoms with Crippen LogP contribution in [0.4, 0.5) is 10.1 Å². The molecule has 0 bridgehead atoms. The number of aliphatic carboxylic acids is 1. The van der Waals surface area contributed by atoms with Gasteiger partial charge < -0.3 is 10.4 Å². The van der Waals surface area contributed by atoms with Crippen LogP contribution < -0.4 is 5.32 Å². The van der Waals surface area contributed by atoms with Crippen molar-refractivity contribution in [3.05, 3.63) is 65.0 Å². The molecule has 4 nitrogen and oxygen atoms in total. The average Bonchev–Trinajstić information content (AvgIpc) is 3.70. The Bertz CT molecular complexity index is 1020. The molecular weight excluding hydrogens is 405 g/mol. The zero-order valence-corrected chi connectivity index (χ0v) is 18.3. The zero-order valence-electron chi connectivity index (χ0n) is 18.3. The Labute approximate surface area is 188 Å². The molecule has 3 fully saturated rings. The smallest absolute Gasteiger partial charge is 0.309 e. The van der Waals surface area contributed by atoms with Crippen LogP contribution in [0.1, 0.15) is 79.9 Å². The molecule has 3 aliphatic carbocycles. The van der Waals surface area contributed by atoms with E-state index in [0.717, 1.165) is 36.8 Å². The minimum absolute atomic E-state index is 0.145. The van der Waals surface area contributed by atoms with Crippen LogP contribution in [-0.2, 0) is 16.0 Å². The molecule has 1 atom stereocenters. The molecule has 168 valence electrons. The molecule has 3 aliphatic rings. The molecule has 1 amide bonds. The summed E-state index contributed by atoms with van der Waals surface area (Å²) in [4.78, 5) is 25.0. The Hall–Kier alpha value is -2.69. The number of carboxylic acid groups (broad SMARTS) is 1. The van der Waals surface area contributed by atoms with Crippen molar-refractivity contribution in [2.24, 2.45) is 11.3 Å². The van der Waals surface area contributed by atoms with E-state index in [1.54, 1.807) is 12.1 Å². The minimum Gasteiger partial charge on any atom is -0.481 e. The van der Waals surface area contributed by atoms with Crippen LogP contribution in [0.3, 0.4) is 0 Å². The first-order valence-corrected chi connectivity index (χ1v) is 11.9. The van der Waals surface area contributed by atoms with E-state index in [4.69, 9.17) is 0 Å². The number of carbonyl (C=O) groups excluding carboxylic acids is 1. The normalized spacial score (nSPS) is 20.7. The first-order chi connectivity index (χ1) is 15.4.